The number of rotatable bonds is 5. The molecule has 4 aromatic rings. The van der Waals surface area contributed by atoms with E-state index >= 15 is 0 Å². The Morgan fingerprint density at radius 1 is 1.14 bits per heavy atom. The Bertz CT molecular complexity index is 1170. The topological polar surface area (TPSA) is 80.5 Å². The molecular formula is C19H11Cl2N5OS. The number of hydrogen-bond donors (Lipinski definition) is 0. The molecule has 0 aliphatic rings. The summed E-state index contributed by atoms with van der Waals surface area (Å²) in [5.41, 5.74) is 1.16. The van der Waals surface area contributed by atoms with Gasteiger partial charge in [0.15, 0.2) is 11.0 Å². The van der Waals surface area contributed by atoms with Gasteiger partial charge in [0.05, 0.1) is 23.4 Å². The zero-order valence-electron chi connectivity index (χ0n) is 14.2. The van der Waals surface area contributed by atoms with Crippen LogP contribution < -0.4 is 0 Å². The summed E-state index contributed by atoms with van der Waals surface area (Å²) in [6.45, 7) is 0.394. The molecule has 0 unspecified atom stereocenters. The van der Waals surface area contributed by atoms with Crippen molar-refractivity contribution < 1.29 is 4.42 Å². The Morgan fingerprint density at radius 2 is 2.04 bits per heavy atom. The van der Waals surface area contributed by atoms with Crippen LogP contribution in [-0.2, 0) is 6.54 Å². The molecule has 0 aliphatic carbocycles. The summed E-state index contributed by atoms with van der Waals surface area (Å²) in [6.07, 6.45) is 3.24. The third kappa shape index (κ3) is 3.76. The number of hydrogen-bond acceptors (Lipinski definition) is 6. The van der Waals surface area contributed by atoms with E-state index in [1.807, 2.05) is 16.7 Å². The number of aromatic nitrogens is 4. The fourth-order valence-electron chi connectivity index (χ4n) is 2.58. The number of benzene rings is 1. The van der Waals surface area contributed by atoms with Gasteiger partial charge in [-0.2, -0.15) is 5.26 Å². The van der Waals surface area contributed by atoms with Crippen LogP contribution >= 0.6 is 35.0 Å². The van der Waals surface area contributed by atoms with Crippen LogP contribution in [0.4, 0.5) is 0 Å². The Balaban J connectivity index is 1.80. The zero-order valence-corrected chi connectivity index (χ0v) is 16.5. The molecule has 0 radical (unpaired) electrons. The summed E-state index contributed by atoms with van der Waals surface area (Å²) in [5, 5.41) is 20.1. The highest BCUT2D eigenvalue weighted by atomic mass is 35.5. The molecule has 0 N–H and O–H groups in total. The van der Waals surface area contributed by atoms with E-state index in [4.69, 9.17) is 27.6 Å². The van der Waals surface area contributed by atoms with Crippen LogP contribution in [0.15, 0.2) is 69.5 Å². The van der Waals surface area contributed by atoms with Gasteiger partial charge in [-0.05, 0) is 54.2 Å². The summed E-state index contributed by atoms with van der Waals surface area (Å²) in [4.78, 5) is 4.29. The van der Waals surface area contributed by atoms with E-state index in [-0.39, 0.29) is 0 Å². The fourth-order valence-corrected chi connectivity index (χ4v) is 3.92. The van der Waals surface area contributed by atoms with Crippen molar-refractivity contribution in [2.45, 2.75) is 16.7 Å². The van der Waals surface area contributed by atoms with Crippen molar-refractivity contribution in [3.05, 3.63) is 76.3 Å². The van der Waals surface area contributed by atoms with Crippen LogP contribution in [0, 0.1) is 11.3 Å². The molecule has 0 amide bonds. The van der Waals surface area contributed by atoms with E-state index in [2.05, 4.69) is 21.3 Å². The summed E-state index contributed by atoms with van der Waals surface area (Å²) in [6, 6.07) is 14.4. The van der Waals surface area contributed by atoms with Gasteiger partial charge in [0.25, 0.3) is 0 Å². The van der Waals surface area contributed by atoms with Crippen molar-refractivity contribution in [2.24, 2.45) is 0 Å². The fraction of sp³-hybridized carbons (Fsp3) is 0.0526. The van der Waals surface area contributed by atoms with Gasteiger partial charge in [-0.25, -0.2) is 4.98 Å². The largest absolute Gasteiger partial charge is 0.467 e. The smallest absolute Gasteiger partial charge is 0.198 e. The normalized spacial score (nSPS) is 10.8. The van der Waals surface area contributed by atoms with Crippen molar-refractivity contribution in [3.63, 3.8) is 0 Å². The lowest BCUT2D eigenvalue weighted by Crippen LogP contribution is -2.04. The van der Waals surface area contributed by atoms with Gasteiger partial charge < -0.3 is 4.42 Å². The quantitative estimate of drug-likeness (QED) is 0.429. The van der Waals surface area contributed by atoms with Gasteiger partial charge in [0.2, 0.25) is 0 Å². The molecule has 138 valence electrons. The van der Waals surface area contributed by atoms with E-state index in [9.17, 15) is 5.26 Å². The standard InChI is InChI=1S/C19H11Cl2N5OS/c20-13-5-6-15(16(21)9-13)17-24-25-19(26(17)11-14-4-2-8-27-14)28-18-12(10-22)3-1-7-23-18/h1-9H,11H2. The monoisotopic (exact) mass is 427 g/mol. The average molecular weight is 428 g/mol. The van der Waals surface area contributed by atoms with Crippen LogP contribution in [0.2, 0.25) is 10.0 Å². The second kappa shape index (κ2) is 8.07. The first-order valence-corrected chi connectivity index (χ1v) is 9.67. The molecule has 0 saturated carbocycles. The Kier molecular flexibility index (Phi) is 5.35. The highest BCUT2D eigenvalue weighted by molar-refractivity contribution is 7.99. The number of nitrogens with zero attached hydrogens (tertiary/aromatic N) is 5. The van der Waals surface area contributed by atoms with Crippen molar-refractivity contribution >= 4 is 35.0 Å². The first kappa shape index (κ1) is 18.6. The van der Waals surface area contributed by atoms with Crippen molar-refractivity contribution in [3.8, 4) is 17.5 Å². The van der Waals surface area contributed by atoms with Crippen LogP contribution in [0.1, 0.15) is 11.3 Å². The molecule has 0 fully saturated rings. The maximum absolute atomic E-state index is 9.33. The Morgan fingerprint density at radius 3 is 2.79 bits per heavy atom. The Labute approximate surface area is 174 Å². The SMILES string of the molecule is N#Cc1cccnc1Sc1nnc(-c2ccc(Cl)cc2Cl)n1Cc1ccco1. The summed E-state index contributed by atoms with van der Waals surface area (Å²) < 4.78 is 7.36. The lowest BCUT2D eigenvalue weighted by atomic mass is 10.2. The van der Waals surface area contributed by atoms with Gasteiger partial charge in [-0.3, -0.25) is 4.57 Å². The maximum atomic E-state index is 9.33. The van der Waals surface area contributed by atoms with Crippen molar-refractivity contribution in [2.75, 3.05) is 0 Å². The minimum Gasteiger partial charge on any atom is -0.467 e. The van der Waals surface area contributed by atoms with E-state index in [0.717, 1.165) is 5.76 Å². The van der Waals surface area contributed by atoms with Gasteiger partial charge >= 0.3 is 0 Å². The van der Waals surface area contributed by atoms with Crippen LogP contribution in [0.25, 0.3) is 11.4 Å². The van der Waals surface area contributed by atoms with Crippen LogP contribution in [-0.4, -0.2) is 19.7 Å². The van der Waals surface area contributed by atoms with E-state index in [1.54, 1.807) is 42.8 Å². The molecule has 0 aliphatic heterocycles. The minimum atomic E-state index is 0.394. The van der Waals surface area contributed by atoms with Gasteiger partial charge in [0, 0.05) is 16.8 Å². The van der Waals surface area contributed by atoms with Crippen LogP contribution in [0.3, 0.4) is 0 Å². The van der Waals surface area contributed by atoms with Crippen LogP contribution in [0.5, 0.6) is 0 Å². The van der Waals surface area contributed by atoms with Gasteiger partial charge in [0.1, 0.15) is 16.9 Å². The third-order valence-electron chi connectivity index (χ3n) is 3.86. The average Bonchev–Trinajstić information content (AvgIpc) is 3.34. The summed E-state index contributed by atoms with van der Waals surface area (Å²) >= 11 is 13.7. The predicted molar refractivity (Wildman–Crippen MR) is 106 cm³/mol. The van der Waals surface area contributed by atoms with E-state index in [0.29, 0.717) is 43.7 Å². The zero-order chi connectivity index (χ0) is 19.5. The van der Waals surface area contributed by atoms with Gasteiger partial charge in [-0.15, -0.1) is 10.2 Å². The van der Waals surface area contributed by atoms with Gasteiger partial charge in [-0.1, -0.05) is 23.2 Å². The first-order chi connectivity index (χ1) is 13.7. The molecule has 3 heterocycles. The second-order valence-corrected chi connectivity index (χ2v) is 7.47. The highest BCUT2D eigenvalue weighted by Crippen LogP contribution is 2.34. The lowest BCUT2D eigenvalue weighted by Gasteiger charge is -2.10. The number of furan rings is 1. The molecule has 4 rings (SSSR count). The minimum absolute atomic E-state index is 0.394. The molecule has 9 heteroatoms. The lowest BCUT2D eigenvalue weighted by molar-refractivity contribution is 0.485. The second-order valence-electron chi connectivity index (χ2n) is 5.67. The molecule has 0 spiro atoms. The molecular weight excluding hydrogens is 417 g/mol. The maximum Gasteiger partial charge on any atom is 0.198 e. The Hall–Kier alpha value is -2.79. The first-order valence-electron chi connectivity index (χ1n) is 8.09. The third-order valence-corrected chi connectivity index (χ3v) is 5.41. The van der Waals surface area contributed by atoms with Crippen molar-refractivity contribution in [1.29, 1.82) is 5.26 Å². The summed E-state index contributed by atoms with van der Waals surface area (Å²) in [5.74, 6) is 1.30. The molecule has 0 saturated heterocycles. The number of nitriles is 1. The molecule has 6 nitrogen and oxygen atoms in total. The molecule has 1 aromatic carbocycles. The number of pyridine rings is 1. The molecule has 0 bridgehead atoms. The van der Waals surface area contributed by atoms with E-state index < -0.39 is 0 Å². The predicted octanol–water partition coefficient (Wildman–Crippen LogP) is 5.31. The molecule has 0 atom stereocenters. The van der Waals surface area contributed by atoms with E-state index in [1.165, 1.54) is 11.8 Å². The highest BCUT2D eigenvalue weighted by Gasteiger charge is 2.20. The van der Waals surface area contributed by atoms with Crippen molar-refractivity contribution in [1.82, 2.24) is 19.7 Å². The molecule has 3 aromatic heterocycles. The summed E-state index contributed by atoms with van der Waals surface area (Å²) in [7, 11) is 0. The molecule has 28 heavy (non-hydrogen) atoms. The number of halogens is 2.